The van der Waals surface area contributed by atoms with Crippen LogP contribution in [-0.2, 0) is 0 Å². The number of halogens is 1. The molecule has 80 valence electrons. The molecule has 0 unspecified atom stereocenters. The molecular weight excluding hydrogens is 196 g/mol. The molecule has 0 radical (unpaired) electrons. The highest BCUT2D eigenvalue weighted by atomic mass is 35.5. The summed E-state index contributed by atoms with van der Waals surface area (Å²) in [6.45, 7) is 2.10. The zero-order chi connectivity index (χ0) is 10.6. The molecule has 2 nitrogen and oxygen atoms in total. The predicted molar refractivity (Wildman–Crippen MR) is 62.4 cm³/mol. The monoisotopic (exact) mass is 214 g/mol. The van der Waals surface area contributed by atoms with E-state index in [2.05, 4.69) is 37.0 Å². The summed E-state index contributed by atoms with van der Waals surface area (Å²) in [5, 5.41) is 0.900. The van der Waals surface area contributed by atoms with Crippen LogP contribution in [0.4, 0.5) is 0 Å². The van der Waals surface area contributed by atoms with Crippen molar-refractivity contribution in [1.29, 1.82) is 0 Å². The lowest BCUT2D eigenvalue weighted by atomic mass is 10.1. The molecule has 0 aromatic heterocycles. The van der Waals surface area contributed by atoms with Gasteiger partial charge < -0.3 is 9.80 Å². The van der Waals surface area contributed by atoms with Crippen LogP contribution in [0.1, 0.15) is 12.8 Å². The average Bonchev–Trinajstić information content (AvgIpc) is 2.15. The fraction of sp³-hybridized carbons (Fsp3) is 0.636. The van der Waals surface area contributed by atoms with Gasteiger partial charge >= 0.3 is 0 Å². The first-order valence-corrected chi connectivity index (χ1v) is 5.40. The first-order valence-electron chi connectivity index (χ1n) is 5.02. The summed E-state index contributed by atoms with van der Waals surface area (Å²) in [4.78, 5) is 4.44. The number of likely N-dealkylation sites (N-methyl/N-ethyl adjacent to an activating group) is 2. The molecule has 1 aliphatic carbocycles. The topological polar surface area (TPSA) is 6.48 Å². The minimum Gasteiger partial charge on any atom is -0.375 e. The van der Waals surface area contributed by atoms with Gasteiger partial charge in [-0.25, -0.2) is 0 Å². The molecule has 0 fully saturated rings. The second kappa shape index (κ2) is 5.42. The zero-order valence-electron chi connectivity index (χ0n) is 9.26. The third-order valence-corrected chi connectivity index (χ3v) is 2.78. The van der Waals surface area contributed by atoms with Crippen molar-refractivity contribution >= 4 is 11.6 Å². The highest BCUT2D eigenvalue weighted by Crippen LogP contribution is 2.23. The van der Waals surface area contributed by atoms with E-state index in [0.29, 0.717) is 0 Å². The Morgan fingerprint density at radius 2 is 2.00 bits per heavy atom. The number of hydrogen-bond acceptors (Lipinski definition) is 2. The van der Waals surface area contributed by atoms with Crippen LogP contribution in [0.15, 0.2) is 22.9 Å². The second-order valence-electron chi connectivity index (χ2n) is 3.96. The van der Waals surface area contributed by atoms with Crippen molar-refractivity contribution < 1.29 is 0 Å². The Balaban J connectivity index is 2.50. The van der Waals surface area contributed by atoms with Gasteiger partial charge in [0, 0.05) is 25.8 Å². The standard InChI is InChI=1S/C11H19ClN2/c1-13(2)8-9-14(3)11-7-5-4-6-10(11)12/h4,6H,5,7-9H2,1-3H3. The fourth-order valence-corrected chi connectivity index (χ4v) is 1.81. The molecule has 0 aromatic rings. The van der Waals surface area contributed by atoms with Crippen LogP contribution >= 0.6 is 11.6 Å². The number of nitrogens with zero attached hydrogens (tertiary/aromatic N) is 2. The normalized spacial score (nSPS) is 16.6. The number of rotatable bonds is 4. The van der Waals surface area contributed by atoms with E-state index in [4.69, 9.17) is 11.6 Å². The molecule has 0 aromatic carbocycles. The van der Waals surface area contributed by atoms with Crippen molar-refractivity contribution in [2.24, 2.45) is 0 Å². The van der Waals surface area contributed by atoms with Crippen molar-refractivity contribution in [1.82, 2.24) is 9.80 Å². The van der Waals surface area contributed by atoms with Gasteiger partial charge in [-0.3, -0.25) is 0 Å². The Bertz CT molecular complexity index is 244. The Morgan fingerprint density at radius 1 is 1.29 bits per heavy atom. The molecule has 0 spiro atoms. The van der Waals surface area contributed by atoms with Gasteiger partial charge in [0.15, 0.2) is 0 Å². The smallest absolute Gasteiger partial charge is 0.0594 e. The van der Waals surface area contributed by atoms with Crippen LogP contribution in [0.3, 0.4) is 0 Å². The summed E-state index contributed by atoms with van der Waals surface area (Å²) in [7, 11) is 6.29. The number of hydrogen-bond donors (Lipinski definition) is 0. The highest BCUT2D eigenvalue weighted by molar-refractivity contribution is 6.31. The van der Waals surface area contributed by atoms with Gasteiger partial charge in [-0.1, -0.05) is 17.7 Å². The molecule has 0 bridgehead atoms. The lowest BCUT2D eigenvalue weighted by Gasteiger charge is -2.26. The van der Waals surface area contributed by atoms with E-state index in [1.165, 1.54) is 5.70 Å². The van der Waals surface area contributed by atoms with Gasteiger partial charge in [0.25, 0.3) is 0 Å². The van der Waals surface area contributed by atoms with E-state index in [0.717, 1.165) is 31.0 Å². The molecule has 14 heavy (non-hydrogen) atoms. The lowest BCUT2D eigenvalue weighted by Crippen LogP contribution is -2.29. The predicted octanol–water partition coefficient (Wildman–Crippen LogP) is 2.28. The summed E-state index contributed by atoms with van der Waals surface area (Å²) < 4.78 is 0. The van der Waals surface area contributed by atoms with Crippen molar-refractivity contribution in [2.45, 2.75) is 12.8 Å². The van der Waals surface area contributed by atoms with Crippen LogP contribution in [0, 0.1) is 0 Å². The Morgan fingerprint density at radius 3 is 2.57 bits per heavy atom. The van der Waals surface area contributed by atoms with Crippen LogP contribution in [0.5, 0.6) is 0 Å². The third-order valence-electron chi connectivity index (χ3n) is 2.43. The maximum atomic E-state index is 6.13. The summed E-state index contributed by atoms with van der Waals surface area (Å²) in [5.41, 5.74) is 1.27. The molecule has 0 heterocycles. The van der Waals surface area contributed by atoms with Gasteiger partial charge in [-0.15, -0.1) is 0 Å². The van der Waals surface area contributed by atoms with Crippen LogP contribution in [-0.4, -0.2) is 44.0 Å². The maximum absolute atomic E-state index is 6.13. The molecule has 3 heteroatoms. The van der Waals surface area contributed by atoms with Crippen molar-refractivity contribution in [3.63, 3.8) is 0 Å². The number of allylic oxidation sites excluding steroid dienone is 4. The Labute approximate surface area is 91.8 Å². The van der Waals surface area contributed by atoms with Crippen LogP contribution < -0.4 is 0 Å². The Hall–Kier alpha value is -0.470. The van der Waals surface area contributed by atoms with E-state index in [1.54, 1.807) is 0 Å². The molecule has 1 aliphatic rings. The van der Waals surface area contributed by atoms with Gasteiger partial charge in [-0.2, -0.15) is 0 Å². The molecule has 0 amide bonds. The summed E-state index contributed by atoms with van der Waals surface area (Å²) in [6, 6.07) is 0. The first-order chi connectivity index (χ1) is 6.61. The first kappa shape index (κ1) is 11.6. The zero-order valence-corrected chi connectivity index (χ0v) is 10.0. The largest absolute Gasteiger partial charge is 0.375 e. The van der Waals surface area contributed by atoms with E-state index < -0.39 is 0 Å². The van der Waals surface area contributed by atoms with Gasteiger partial charge in [0.1, 0.15) is 0 Å². The van der Waals surface area contributed by atoms with Crippen LogP contribution in [0.2, 0.25) is 0 Å². The van der Waals surface area contributed by atoms with Gasteiger partial charge in [0.05, 0.1) is 5.03 Å². The molecule has 0 saturated carbocycles. The van der Waals surface area contributed by atoms with E-state index in [-0.39, 0.29) is 0 Å². The average molecular weight is 215 g/mol. The van der Waals surface area contributed by atoms with Gasteiger partial charge in [-0.05, 0) is 33.0 Å². The molecule has 0 N–H and O–H groups in total. The fourth-order valence-electron chi connectivity index (χ4n) is 1.48. The summed E-state index contributed by atoms with van der Waals surface area (Å²) in [5.74, 6) is 0. The van der Waals surface area contributed by atoms with Crippen molar-refractivity contribution in [3.05, 3.63) is 22.9 Å². The quantitative estimate of drug-likeness (QED) is 0.709. The molecule has 0 saturated heterocycles. The Kier molecular flexibility index (Phi) is 4.49. The molecule has 0 aliphatic heterocycles. The highest BCUT2D eigenvalue weighted by Gasteiger charge is 2.10. The van der Waals surface area contributed by atoms with E-state index in [9.17, 15) is 0 Å². The van der Waals surface area contributed by atoms with Crippen molar-refractivity contribution in [3.8, 4) is 0 Å². The minimum atomic E-state index is 0.900. The SMILES string of the molecule is CN(C)CCN(C)C1=C(Cl)C=CCC1. The molecule has 1 rings (SSSR count). The van der Waals surface area contributed by atoms with Gasteiger partial charge in [0.2, 0.25) is 0 Å². The minimum absolute atomic E-state index is 0.900. The van der Waals surface area contributed by atoms with Crippen molar-refractivity contribution in [2.75, 3.05) is 34.2 Å². The second-order valence-corrected chi connectivity index (χ2v) is 4.37. The molecular formula is C11H19ClN2. The van der Waals surface area contributed by atoms with E-state index >= 15 is 0 Å². The lowest BCUT2D eigenvalue weighted by molar-refractivity contribution is 0.318. The molecule has 0 atom stereocenters. The van der Waals surface area contributed by atoms with E-state index in [1.807, 2.05) is 6.08 Å². The summed E-state index contributed by atoms with van der Waals surface area (Å²) >= 11 is 6.13. The van der Waals surface area contributed by atoms with Crippen LogP contribution in [0.25, 0.3) is 0 Å². The maximum Gasteiger partial charge on any atom is 0.0594 e. The third kappa shape index (κ3) is 3.35. The summed E-state index contributed by atoms with van der Waals surface area (Å²) in [6.07, 6.45) is 6.31.